The standard InChI is InChI=1S/C11H9O4S.Na.H/c1-15-9-5-6-10-8(7-9)3-2-4-11(10)16(12,13)14;;/h2-3,5-7H,1H3,(H,12,13,14);;. The molecule has 0 saturated heterocycles. The van der Waals surface area contributed by atoms with Gasteiger partial charge in [0.15, 0.2) is 0 Å². The van der Waals surface area contributed by atoms with E-state index in [4.69, 9.17) is 9.29 Å². The van der Waals surface area contributed by atoms with Gasteiger partial charge >= 0.3 is 29.6 Å². The van der Waals surface area contributed by atoms with E-state index < -0.39 is 10.1 Å². The Morgan fingerprint density at radius 2 is 2.00 bits per heavy atom. The Bertz CT molecular complexity index is 637. The Morgan fingerprint density at radius 1 is 1.29 bits per heavy atom. The monoisotopic (exact) mass is 261 g/mol. The van der Waals surface area contributed by atoms with Gasteiger partial charge in [0.25, 0.3) is 10.1 Å². The fourth-order valence-electron chi connectivity index (χ4n) is 1.51. The molecule has 0 amide bonds. The zero-order chi connectivity index (χ0) is 11.8. The number of hydrogen-bond donors (Lipinski definition) is 1. The van der Waals surface area contributed by atoms with E-state index in [1.54, 1.807) is 24.3 Å². The van der Waals surface area contributed by atoms with Crippen molar-refractivity contribution in [2.24, 2.45) is 0 Å². The molecule has 0 unspecified atom stereocenters. The SMILES string of the molecule is COc1ccc2c(S(=O)(=O)O)[c]ccc2c1.[NaH]. The van der Waals surface area contributed by atoms with Crippen LogP contribution in [0.5, 0.6) is 5.75 Å². The maximum atomic E-state index is 11.1. The van der Waals surface area contributed by atoms with Crippen molar-refractivity contribution in [2.75, 3.05) is 7.11 Å². The number of ether oxygens (including phenoxy) is 1. The van der Waals surface area contributed by atoms with E-state index in [0.29, 0.717) is 16.5 Å². The molecule has 0 heterocycles. The van der Waals surface area contributed by atoms with Gasteiger partial charge in [0, 0.05) is 11.5 Å². The van der Waals surface area contributed by atoms with Crippen LogP contribution >= 0.6 is 0 Å². The third-order valence-corrected chi connectivity index (χ3v) is 3.09. The Hall–Kier alpha value is -0.590. The number of rotatable bonds is 2. The Kier molecular flexibility index (Phi) is 4.57. The van der Waals surface area contributed by atoms with Gasteiger partial charge in [-0.1, -0.05) is 12.1 Å². The average molecular weight is 261 g/mol. The van der Waals surface area contributed by atoms with Crippen molar-refractivity contribution < 1.29 is 17.7 Å². The van der Waals surface area contributed by atoms with Crippen LogP contribution in [0.15, 0.2) is 35.2 Å². The van der Waals surface area contributed by atoms with E-state index in [-0.39, 0.29) is 34.5 Å². The van der Waals surface area contributed by atoms with Gasteiger partial charge < -0.3 is 4.74 Å². The van der Waals surface area contributed by atoms with E-state index in [1.165, 1.54) is 13.2 Å². The topological polar surface area (TPSA) is 63.6 Å². The van der Waals surface area contributed by atoms with E-state index in [0.717, 1.165) is 0 Å². The van der Waals surface area contributed by atoms with Gasteiger partial charge in [-0.05, 0) is 23.6 Å². The third kappa shape index (κ3) is 3.00. The Labute approximate surface area is 122 Å². The van der Waals surface area contributed by atoms with Gasteiger partial charge in [-0.15, -0.1) is 0 Å². The Morgan fingerprint density at radius 3 is 2.59 bits per heavy atom. The second kappa shape index (κ2) is 5.37. The first-order valence-electron chi connectivity index (χ1n) is 4.48. The first-order chi connectivity index (χ1) is 7.52. The summed E-state index contributed by atoms with van der Waals surface area (Å²) in [6.45, 7) is 0. The number of benzene rings is 2. The maximum absolute atomic E-state index is 11.1. The van der Waals surface area contributed by atoms with Crippen LogP contribution in [-0.4, -0.2) is 49.6 Å². The van der Waals surface area contributed by atoms with Crippen molar-refractivity contribution in [3.63, 3.8) is 0 Å². The molecular weight excluding hydrogens is 251 g/mol. The molecule has 0 saturated carbocycles. The van der Waals surface area contributed by atoms with Crippen molar-refractivity contribution in [1.82, 2.24) is 0 Å². The van der Waals surface area contributed by atoms with Crippen LogP contribution in [0.2, 0.25) is 0 Å². The first kappa shape index (κ1) is 14.5. The van der Waals surface area contributed by atoms with Crippen LogP contribution in [0.4, 0.5) is 0 Å². The molecule has 6 heteroatoms. The molecule has 0 bridgehead atoms. The van der Waals surface area contributed by atoms with Crippen LogP contribution < -0.4 is 4.74 Å². The molecule has 85 valence electrons. The molecule has 0 aliphatic carbocycles. The van der Waals surface area contributed by atoms with Crippen LogP contribution in [0.1, 0.15) is 0 Å². The van der Waals surface area contributed by atoms with Crippen LogP contribution in [-0.2, 0) is 10.1 Å². The van der Waals surface area contributed by atoms with E-state index in [9.17, 15) is 8.42 Å². The normalized spacial score (nSPS) is 10.9. The third-order valence-electron chi connectivity index (χ3n) is 2.24. The molecule has 0 atom stereocenters. The number of methoxy groups -OCH3 is 1. The molecule has 4 nitrogen and oxygen atoms in total. The zero-order valence-corrected chi connectivity index (χ0v) is 9.28. The predicted octanol–water partition coefficient (Wildman–Crippen LogP) is 1.25. The van der Waals surface area contributed by atoms with E-state index in [1.807, 2.05) is 0 Å². The molecule has 2 aromatic rings. The molecule has 1 radical (unpaired) electrons. The van der Waals surface area contributed by atoms with Crippen LogP contribution in [0, 0.1) is 6.07 Å². The second-order valence-electron chi connectivity index (χ2n) is 3.24. The molecule has 0 aliphatic rings. The molecule has 0 aromatic heterocycles. The Balaban J connectivity index is 0.00000144. The van der Waals surface area contributed by atoms with Gasteiger partial charge in [0.1, 0.15) is 10.6 Å². The molecule has 2 rings (SSSR count). The minimum absolute atomic E-state index is 0. The molecular formula is C11H10NaO4S. The van der Waals surface area contributed by atoms with Gasteiger partial charge in [-0.25, -0.2) is 0 Å². The molecule has 0 spiro atoms. The number of hydrogen-bond acceptors (Lipinski definition) is 3. The summed E-state index contributed by atoms with van der Waals surface area (Å²) in [5.41, 5.74) is 0. The molecule has 17 heavy (non-hydrogen) atoms. The minimum atomic E-state index is -4.25. The predicted molar refractivity (Wildman–Crippen MR) is 66.3 cm³/mol. The van der Waals surface area contributed by atoms with Gasteiger partial charge in [0.05, 0.1) is 7.11 Å². The summed E-state index contributed by atoms with van der Waals surface area (Å²) in [4.78, 5) is -0.215. The fraction of sp³-hybridized carbons (Fsp3) is 0.0909. The van der Waals surface area contributed by atoms with Crippen molar-refractivity contribution in [1.29, 1.82) is 0 Å². The zero-order valence-electron chi connectivity index (χ0n) is 8.47. The van der Waals surface area contributed by atoms with Gasteiger partial charge in [-0.3, -0.25) is 4.55 Å². The quantitative estimate of drug-likeness (QED) is 0.652. The van der Waals surface area contributed by atoms with E-state index >= 15 is 0 Å². The fourth-order valence-corrected chi connectivity index (χ4v) is 2.19. The van der Waals surface area contributed by atoms with E-state index in [2.05, 4.69) is 6.07 Å². The summed E-state index contributed by atoms with van der Waals surface area (Å²) in [7, 11) is -2.72. The van der Waals surface area contributed by atoms with Gasteiger partial charge in [-0.2, -0.15) is 8.42 Å². The van der Waals surface area contributed by atoms with Crippen LogP contribution in [0.25, 0.3) is 10.8 Å². The first-order valence-corrected chi connectivity index (χ1v) is 5.92. The van der Waals surface area contributed by atoms with Crippen molar-refractivity contribution in [3.05, 3.63) is 36.4 Å². The van der Waals surface area contributed by atoms with Crippen molar-refractivity contribution in [3.8, 4) is 5.75 Å². The van der Waals surface area contributed by atoms with Gasteiger partial charge in [0.2, 0.25) is 0 Å². The average Bonchev–Trinajstić information content (AvgIpc) is 2.26. The second-order valence-corrected chi connectivity index (χ2v) is 4.59. The summed E-state index contributed by atoms with van der Waals surface area (Å²) in [5.74, 6) is 0.625. The summed E-state index contributed by atoms with van der Waals surface area (Å²) < 4.78 is 36.2. The molecule has 0 aliphatic heterocycles. The molecule has 1 N–H and O–H groups in total. The molecule has 2 aromatic carbocycles. The van der Waals surface area contributed by atoms with Crippen LogP contribution in [0.3, 0.4) is 0 Å². The van der Waals surface area contributed by atoms with Crippen molar-refractivity contribution in [2.45, 2.75) is 4.90 Å². The summed E-state index contributed by atoms with van der Waals surface area (Å²) in [6, 6.07) is 10.6. The van der Waals surface area contributed by atoms with Crippen molar-refractivity contribution >= 4 is 50.4 Å². The number of fused-ring (bicyclic) bond motifs is 1. The summed E-state index contributed by atoms with van der Waals surface area (Å²) >= 11 is 0. The molecule has 0 fully saturated rings. The summed E-state index contributed by atoms with van der Waals surface area (Å²) in [5, 5.41) is 1.09. The summed E-state index contributed by atoms with van der Waals surface area (Å²) in [6.07, 6.45) is 0.